The second kappa shape index (κ2) is 7.73. The van der Waals surface area contributed by atoms with Gasteiger partial charge in [0.2, 0.25) is 0 Å². The molecule has 0 spiro atoms. The smallest absolute Gasteiger partial charge is 0.407 e. The highest BCUT2D eigenvalue weighted by Crippen LogP contribution is 2.34. The number of ether oxygens (including phenoxy) is 2. The van der Waals surface area contributed by atoms with Crippen LogP contribution in [-0.2, 0) is 28.9 Å². The van der Waals surface area contributed by atoms with E-state index >= 15 is 0 Å². The molecule has 2 heterocycles. The highest BCUT2D eigenvalue weighted by molar-refractivity contribution is 5.87. The van der Waals surface area contributed by atoms with Crippen molar-refractivity contribution in [2.45, 2.75) is 65.1 Å². The normalized spacial score (nSPS) is 14.6. The van der Waals surface area contributed by atoms with Gasteiger partial charge in [-0.2, -0.15) is 0 Å². The molecule has 0 fully saturated rings. The summed E-state index contributed by atoms with van der Waals surface area (Å²) in [7, 11) is 0. The van der Waals surface area contributed by atoms with Crippen molar-refractivity contribution in [2.75, 3.05) is 6.61 Å². The number of nitrogens with zero attached hydrogens (tertiary/aromatic N) is 1. The molecular weight excluding hydrogens is 360 g/mol. The average molecular weight is 388 g/mol. The molecule has 1 aliphatic heterocycles. The van der Waals surface area contributed by atoms with Gasteiger partial charge in [-0.3, -0.25) is 0 Å². The maximum absolute atomic E-state index is 12.1. The second-order valence-corrected chi connectivity index (χ2v) is 8.29. The Morgan fingerprint density at radius 2 is 2.07 bits per heavy atom. The van der Waals surface area contributed by atoms with Crippen molar-refractivity contribution in [2.24, 2.45) is 0 Å². The molecule has 0 saturated carbocycles. The fourth-order valence-electron chi connectivity index (χ4n) is 3.73. The number of aryl methyl sites for hydroxylation is 1. The topological polar surface area (TPSA) is 89.8 Å². The van der Waals surface area contributed by atoms with Gasteiger partial charge in [0.25, 0.3) is 0 Å². The van der Waals surface area contributed by atoms with Gasteiger partial charge in [-0.15, -0.1) is 0 Å². The van der Waals surface area contributed by atoms with E-state index in [-0.39, 0.29) is 12.6 Å². The first-order valence-electron chi connectivity index (χ1n) is 9.62. The third-order valence-corrected chi connectivity index (χ3v) is 4.69. The SMILES string of the molecule is C[C@@H](Cc1c2n(c3ccc(OCC(=O)O)cc13)CCC2)NC(=O)OC(C)(C)C. The summed E-state index contributed by atoms with van der Waals surface area (Å²) in [6.07, 6.45) is 2.34. The van der Waals surface area contributed by atoms with Crippen LogP contribution < -0.4 is 10.1 Å². The maximum atomic E-state index is 12.1. The van der Waals surface area contributed by atoms with Crippen LogP contribution in [0.25, 0.3) is 10.9 Å². The van der Waals surface area contributed by atoms with E-state index < -0.39 is 17.7 Å². The minimum absolute atomic E-state index is 0.102. The number of carbonyl (C=O) groups excluding carboxylic acids is 1. The summed E-state index contributed by atoms with van der Waals surface area (Å²) in [6, 6.07) is 5.59. The lowest BCUT2D eigenvalue weighted by atomic mass is 10.0. The van der Waals surface area contributed by atoms with Crippen LogP contribution in [0.15, 0.2) is 18.2 Å². The zero-order chi connectivity index (χ0) is 20.5. The van der Waals surface area contributed by atoms with Gasteiger partial charge in [0.05, 0.1) is 0 Å². The van der Waals surface area contributed by atoms with Crippen LogP contribution in [0.5, 0.6) is 5.75 Å². The Labute approximate surface area is 164 Å². The molecule has 1 aromatic heterocycles. The van der Waals surface area contributed by atoms with E-state index in [0.717, 1.165) is 30.3 Å². The summed E-state index contributed by atoms with van der Waals surface area (Å²) in [5.74, 6) is -0.469. The van der Waals surface area contributed by atoms with Gasteiger partial charge in [0, 0.05) is 29.2 Å². The number of hydrogen-bond acceptors (Lipinski definition) is 4. The number of carboxylic acids is 1. The molecule has 0 saturated heterocycles. The number of amides is 1. The number of aromatic nitrogens is 1. The number of aliphatic carboxylic acids is 1. The van der Waals surface area contributed by atoms with Crippen LogP contribution >= 0.6 is 0 Å². The van der Waals surface area contributed by atoms with Gasteiger partial charge in [0.1, 0.15) is 11.4 Å². The Kier molecular flexibility index (Phi) is 5.54. The molecule has 7 nitrogen and oxygen atoms in total. The molecule has 7 heteroatoms. The second-order valence-electron chi connectivity index (χ2n) is 8.29. The van der Waals surface area contributed by atoms with Crippen LogP contribution in [0.2, 0.25) is 0 Å². The number of hydrogen-bond donors (Lipinski definition) is 2. The highest BCUT2D eigenvalue weighted by Gasteiger charge is 2.24. The molecule has 2 N–H and O–H groups in total. The van der Waals surface area contributed by atoms with Gasteiger partial charge in [-0.25, -0.2) is 9.59 Å². The number of nitrogens with one attached hydrogen (secondary N) is 1. The van der Waals surface area contributed by atoms with Crippen molar-refractivity contribution >= 4 is 23.0 Å². The van der Waals surface area contributed by atoms with E-state index in [0.29, 0.717) is 12.2 Å². The molecule has 28 heavy (non-hydrogen) atoms. The molecule has 2 aromatic rings. The summed E-state index contributed by atoms with van der Waals surface area (Å²) in [4.78, 5) is 22.9. The molecule has 0 radical (unpaired) electrons. The molecule has 1 aliphatic rings. The number of carbonyl (C=O) groups is 2. The molecule has 0 unspecified atom stereocenters. The molecule has 152 valence electrons. The Morgan fingerprint density at radius 1 is 1.32 bits per heavy atom. The third-order valence-electron chi connectivity index (χ3n) is 4.69. The van der Waals surface area contributed by atoms with Crippen molar-refractivity contribution in [3.8, 4) is 5.75 Å². The van der Waals surface area contributed by atoms with Crippen molar-refractivity contribution in [1.29, 1.82) is 0 Å². The van der Waals surface area contributed by atoms with Gasteiger partial charge >= 0.3 is 12.1 Å². The first kappa shape index (κ1) is 20.0. The minimum Gasteiger partial charge on any atom is -0.482 e. The van der Waals surface area contributed by atoms with E-state index in [1.54, 1.807) is 0 Å². The predicted octanol–water partition coefficient (Wildman–Crippen LogP) is 3.51. The first-order valence-corrected chi connectivity index (χ1v) is 9.62. The van der Waals surface area contributed by atoms with E-state index in [4.69, 9.17) is 14.6 Å². The van der Waals surface area contributed by atoms with Crippen LogP contribution in [0, 0.1) is 0 Å². The largest absolute Gasteiger partial charge is 0.482 e. The summed E-state index contributed by atoms with van der Waals surface area (Å²) < 4.78 is 13.0. The van der Waals surface area contributed by atoms with Crippen LogP contribution in [0.1, 0.15) is 45.4 Å². The van der Waals surface area contributed by atoms with Gasteiger partial charge < -0.3 is 24.5 Å². The van der Waals surface area contributed by atoms with Gasteiger partial charge in [-0.1, -0.05) is 0 Å². The van der Waals surface area contributed by atoms with Crippen LogP contribution in [0.3, 0.4) is 0 Å². The van der Waals surface area contributed by atoms with E-state index in [9.17, 15) is 9.59 Å². The predicted molar refractivity (Wildman–Crippen MR) is 106 cm³/mol. The van der Waals surface area contributed by atoms with Crippen LogP contribution in [-0.4, -0.2) is 40.0 Å². The zero-order valence-corrected chi connectivity index (χ0v) is 16.9. The van der Waals surface area contributed by atoms with Crippen molar-refractivity contribution in [3.05, 3.63) is 29.5 Å². The fourth-order valence-corrected chi connectivity index (χ4v) is 3.73. The maximum Gasteiger partial charge on any atom is 0.407 e. The molecular formula is C21H28N2O5. The molecule has 0 aliphatic carbocycles. The lowest BCUT2D eigenvalue weighted by Gasteiger charge is -2.22. The van der Waals surface area contributed by atoms with Crippen molar-refractivity contribution in [3.63, 3.8) is 0 Å². The average Bonchev–Trinajstić information content (AvgIpc) is 3.13. The van der Waals surface area contributed by atoms with E-state index in [2.05, 4.69) is 9.88 Å². The third kappa shape index (κ3) is 4.58. The summed E-state index contributed by atoms with van der Waals surface area (Å²) in [5, 5.41) is 12.8. The molecule has 3 rings (SSSR count). The summed E-state index contributed by atoms with van der Waals surface area (Å²) >= 11 is 0. The summed E-state index contributed by atoms with van der Waals surface area (Å²) in [5.41, 5.74) is 3.04. The Morgan fingerprint density at radius 3 is 2.75 bits per heavy atom. The van der Waals surface area contributed by atoms with E-state index in [1.807, 2.05) is 45.9 Å². The number of fused-ring (bicyclic) bond motifs is 3. The van der Waals surface area contributed by atoms with Crippen LogP contribution in [0.4, 0.5) is 4.79 Å². The molecule has 0 bridgehead atoms. The number of benzene rings is 1. The summed E-state index contributed by atoms with van der Waals surface area (Å²) in [6.45, 7) is 8.07. The van der Waals surface area contributed by atoms with Gasteiger partial charge in [0.15, 0.2) is 6.61 Å². The number of rotatable bonds is 6. The van der Waals surface area contributed by atoms with E-state index in [1.165, 1.54) is 11.3 Å². The molecule has 1 amide bonds. The Hall–Kier alpha value is -2.70. The van der Waals surface area contributed by atoms with Crippen molar-refractivity contribution in [1.82, 2.24) is 9.88 Å². The lowest BCUT2D eigenvalue weighted by molar-refractivity contribution is -0.139. The first-order chi connectivity index (χ1) is 13.1. The Balaban J connectivity index is 1.83. The quantitative estimate of drug-likeness (QED) is 0.790. The minimum atomic E-state index is -1.00. The van der Waals surface area contributed by atoms with Crippen molar-refractivity contribution < 1.29 is 24.2 Å². The molecule has 1 atom stereocenters. The monoisotopic (exact) mass is 388 g/mol. The zero-order valence-electron chi connectivity index (χ0n) is 16.9. The Bertz CT molecular complexity index is 894. The standard InChI is InChI=1S/C21H28N2O5/c1-13(22-20(26)28-21(2,3)4)10-15-16-11-14(27-12-19(24)25)7-8-18(16)23-9-5-6-17(15)23/h7-8,11,13H,5-6,9-10,12H2,1-4H3,(H,22,26)(H,24,25)/t13-/m0/s1. The van der Waals surface area contributed by atoms with Gasteiger partial charge in [-0.05, 0) is 70.7 Å². The molecule has 1 aromatic carbocycles. The lowest BCUT2D eigenvalue weighted by Crippen LogP contribution is -2.38. The number of carboxylic acid groups (broad SMARTS) is 1. The fraction of sp³-hybridized carbons (Fsp3) is 0.524. The highest BCUT2D eigenvalue weighted by atomic mass is 16.6. The number of alkyl carbamates (subject to hydrolysis) is 1.